The van der Waals surface area contributed by atoms with Gasteiger partial charge in [0, 0.05) is 0 Å². The molecular weight excluding hydrogens is 256 g/mol. The number of phenols is 2. The van der Waals surface area contributed by atoms with Crippen molar-refractivity contribution < 1.29 is 10.2 Å². The lowest BCUT2D eigenvalue weighted by atomic mass is 10.3. The third kappa shape index (κ3) is 8.46. The summed E-state index contributed by atoms with van der Waals surface area (Å²) in [6, 6.07) is 21.5. The minimum atomic E-state index is 0.322. The number of aromatic hydroxyl groups is 2. The van der Waals surface area contributed by atoms with Crippen molar-refractivity contribution >= 4 is 11.3 Å². The van der Waals surface area contributed by atoms with Gasteiger partial charge in [-0.1, -0.05) is 48.5 Å². The van der Waals surface area contributed by atoms with Gasteiger partial charge in [-0.15, -0.1) is 0 Å². The minimum Gasteiger partial charge on any atom is -0.508 e. The van der Waals surface area contributed by atoms with Crippen molar-refractivity contribution in [3.05, 3.63) is 83.6 Å². The molecule has 3 rings (SSSR count). The molecule has 0 saturated carbocycles. The van der Waals surface area contributed by atoms with E-state index in [1.807, 2.05) is 35.0 Å². The molecule has 2 nitrogen and oxygen atoms in total. The second-order valence-electron chi connectivity index (χ2n) is 3.46. The van der Waals surface area contributed by atoms with Crippen LogP contribution >= 0.6 is 11.3 Å². The molecule has 0 amide bonds. The van der Waals surface area contributed by atoms with Gasteiger partial charge in [0.15, 0.2) is 0 Å². The van der Waals surface area contributed by atoms with Crippen LogP contribution in [0, 0.1) is 0 Å². The van der Waals surface area contributed by atoms with Crippen LogP contribution in [-0.4, -0.2) is 10.2 Å². The molecule has 0 saturated heterocycles. The molecule has 0 radical (unpaired) electrons. The van der Waals surface area contributed by atoms with Gasteiger partial charge in [-0.2, -0.15) is 11.3 Å². The van der Waals surface area contributed by atoms with Gasteiger partial charge >= 0.3 is 0 Å². The quantitative estimate of drug-likeness (QED) is 0.631. The van der Waals surface area contributed by atoms with E-state index in [0.29, 0.717) is 11.5 Å². The largest absolute Gasteiger partial charge is 0.508 e. The molecule has 0 spiro atoms. The van der Waals surface area contributed by atoms with Crippen LogP contribution in [0.5, 0.6) is 11.5 Å². The summed E-state index contributed by atoms with van der Waals surface area (Å²) in [5.74, 6) is 0.644. The van der Waals surface area contributed by atoms with Gasteiger partial charge in [-0.3, -0.25) is 0 Å². The summed E-state index contributed by atoms with van der Waals surface area (Å²) < 4.78 is 0. The number of para-hydroxylation sites is 2. The summed E-state index contributed by atoms with van der Waals surface area (Å²) in [5, 5.41) is 21.3. The maximum Gasteiger partial charge on any atom is 0.115 e. The maximum atomic E-state index is 8.63. The average Bonchev–Trinajstić information content (AvgIpc) is 3.00. The molecule has 1 aromatic heterocycles. The van der Waals surface area contributed by atoms with Crippen molar-refractivity contribution in [1.82, 2.24) is 0 Å². The van der Waals surface area contributed by atoms with Crippen molar-refractivity contribution in [3.63, 3.8) is 0 Å². The molecule has 0 atom stereocenters. The fourth-order valence-electron chi connectivity index (χ4n) is 1.08. The van der Waals surface area contributed by atoms with Gasteiger partial charge < -0.3 is 10.2 Å². The summed E-state index contributed by atoms with van der Waals surface area (Å²) in [6.45, 7) is 0. The van der Waals surface area contributed by atoms with Crippen LogP contribution in [0.4, 0.5) is 0 Å². The smallest absolute Gasteiger partial charge is 0.115 e. The van der Waals surface area contributed by atoms with E-state index in [9.17, 15) is 0 Å². The highest BCUT2D eigenvalue weighted by molar-refractivity contribution is 7.07. The van der Waals surface area contributed by atoms with Crippen LogP contribution in [0.2, 0.25) is 0 Å². The summed E-state index contributed by atoms with van der Waals surface area (Å²) in [7, 11) is 0. The monoisotopic (exact) mass is 272 g/mol. The molecule has 0 bridgehead atoms. The molecule has 0 aliphatic carbocycles. The summed E-state index contributed by atoms with van der Waals surface area (Å²) in [6.07, 6.45) is 0. The van der Waals surface area contributed by atoms with Crippen molar-refractivity contribution in [2.24, 2.45) is 0 Å². The summed E-state index contributed by atoms with van der Waals surface area (Å²) in [4.78, 5) is 0. The van der Waals surface area contributed by atoms with Gasteiger partial charge in [0.25, 0.3) is 0 Å². The first-order valence-electron chi connectivity index (χ1n) is 5.74. The first kappa shape index (κ1) is 14.8. The first-order chi connectivity index (χ1) is 9.29. The van der Waals surface area contributed by atoms with Crippen LogP contribution < -0.4 is 0 Å². The zero-order valence-corrected chi connectivity index (χ0v) is 11.2. The Morgan fingerprint density at radius 3 is 1.05 bits per heavy atom. The van der Waals surface area contributed by atoms with E-state index in [4.69, 9.17) is 10.2 Å². The van der Waals surface area contributed by atoms with Crippen LogP contribution in [0.25, 0.3) is 0 Å². The molecule has 1 heterocycles. The molecule has 2 aromatic carbocycles. The number of thiophene rings is 1. The molecule has 0 aliphatic heterocycles. The van der Waals surface area contributed by atoms with Crippen LogP contribution in [0.15, 0.2) is 83.6 Å². The summed E-state index contributed by atoms with van der Waals surface area (Å²) >= 11 is 1.71. The molecule has 0 unspecified atom stereocenters. The normalized spacial score (nSPS) is 8.42. The Kier molecular flexibility index (Phi) is 7.59. The van der Waals surface area contributed by atoms with E-state index in [1.54, 1.807) is 59.9 Å². The van der Waals surface area contributed by atoms with Gasteiger partial charge in [-0.05, 0) is 35.0 Å². The van der Waals surface area contributed by atoms with E-state index in [1.165, 1.54) is 0 Å². The molecule has 3 aromatic rings. The zero-order valence-electron chi connectivity index (χ0n) is 10.4. The van der Waals surface area contributed by atoms with Crippen molar-refractivity contribution in [1.29, 1.82) is 0 Å². The van der Waals surface area contributed by atoms with Crippen LogP contribution in [0.3, 0.4) is 0 Å². The Morgan fingerprint density at radius 1 is 0.526 bits per heavy atom. The van der Waals surface area contributed by atoms with Gasteiger partial charge in [-0.25, -0.2) is 0 Å². The second-order valence-corrected chi connectivity index (χ2v) is 4.28. The Labute approximate surface area is 117 Å². The van der Waals surface area contributed by atoms with E-state index in [0.717, 1.165) is 0 Å². The van der Waals surface area contributed by atoms with E-state index in [2.05, 4.69) is 0 Å². The maximum absolute atomic E-state index is 8.63. The molecule has 3 heteroatoms. The van der Waals surface area contributed by atoms with Crippen molar-refractivity contribution in [3.8, 4) is 11.5 Å². The predicted octanol–water partition coefficient (Wildman–Crippen LogP) is 4.53. The first-order valence-corrected chi connectivity index (χ1v) is 6.68. The lowest BCUT2D eigenvalue weighted by Crippen LogP contribution is -1.56. The van der Waals surface area contributed by atoms with Gasteiger partial charge in [0.2, 0.25) is 0 Å². The fraction of sp³-hybridized carbons (Fsp3) is 0. The van der Waals surface area contributed by atoms with E-state index in [-0.39, 0.29) is 0 Å². The second kappa shape index (κ2) is 9.74. The highest BCUT2D eigenvalue weighted by Crippen LogP contribution is 2.03. The summed E-state index contributed by atoms with van der Waals surface area (Å²) in [5.41, 5.74) is 0. The topological polar surface area (TPSA) is 40.5 Å². The molecule has 0 aliphatic rings. The lowest BCUT2D eigenvalue weighted by Gasteiger charge is -1.82. The molecule has 0 fully saturated rings. The third-order valence-corrected chi connectivity index (χ3v) is 2.57. The number of hydrogen-bond donors (Lipinski definition) is 2. The van der Waals surface area contributed by atoms with Gasteiger partial charge in [0.05, 0.1) is 0 Å². The fourth-order valence-corrected chi connectivity index (χ4v) is 1.54. The Morgan fingerprint density at radius 2 is 0.895 bits per heavy atom. The Bertz CT molecular complexity index is 452. The van der Waals surface area contributed by atoms with Crippen LogP contribution in [-0.2, 0) is 0 Å². The van der Waals surface area contributed by atoms with Crippen molar-refractivity contribution in [2.75, 3.05) is 0 Å². The molecule has 2 N–H and O–H groups in total. The molecular formula is C16H16O2S. The predicted molar refractivity (Wildman–Crippen MR) is 80.5 cm³/mol. The SMILES string of the molecule is Oc1ccccc1.Oc1ccccc1.c1ccsc1. The minimum absolute atomic E-state index is 0.322. The highest BCUT2D eigenvalue weighted by atomic mass is 32.1. The van der Waals surface area contributed by atoms with E-state index < -0.39 is 0 Å². The number of phenolic OH excluding ortho intramolecular Hbond substituents is 2. The lowest BCUT2D eigenvalue weighted by molar-refractivity contribution is 0.475. The molecule has 19 heavy (non-hydrogen) atoms. The average molecular weight is 272 g/mol. The van der Waals surface area contributed by atoms with Crippen molar-refractivity contribution in [2.45, 2.75) is 0 Å². The van der Waals surface area contributed by atoms with Gasteiger partial charge in [0.1, 0.15) is 11.5 Å². The Balaban J connectivity index is 0.000000145. The third-order valence-electron chi connectivity index (χ3n) is 1.94. The number of hydrogen-bond acceptors (Lipinski definition) is 3. The molecule has 98 valence electrons. The number of rotatable bonds is 0. The number of benzene rings is 2. The zero-order chi connectivity index (χ0) is 13.8. The van der Waals surface area contributed by atoms with E-state index >= 15 is 0 Å². The standard InChI is InChI=1S/2C6H6O.C4H4S/c2*7-6-4-2-1-3-5-6;1-2-4-5-3-1/h2*1-5,7H;1-4H. The highest BCUT2D eigenvalue weighted by Gasteiger charge is 1.75. The van der Waals surface area contributed by atoms with Crippen LogP contribution in [0.1, 0.15) is 0 Å². The Hall–Kier alpha value is -2.26.